The Morgan fingerprint density at radius 1 is 1.10 bits per heavy atom. The van der Waals surface area contributed by atoms with Gasteiger partial charge in [0.05, 0.1) is 4.90 Å². The van der Waals surface area contributed by atoms with E-state index in [1.165, 1.54) is 0 Å². The van der Waals surface area contributed by atoms with Crippen LogP contribution in [0.3, 0.4) is 0 Å². The van der Waals surface area contributed by atoms with Crippen molar-refractivity contribution >= 4 is 15.7 Å². The lowest BCUT2D eigenvalue weighted by molar-refractivity contribution is 0.382. The Labute approximate surface area is 127 Å². The monoisotopic (exact) mass is 308 g/mol. The second-order valence-corrected chi connectivity index (χ2v) is 8.58. The molecule has 2 aliphatic carbocycles. The summed E-state index contributed by atoms with van der Waals surface area (Å²) in [5, 5.41) is 0. The molecular formula is C16H24N2O2S. The van der Waals surface area contributed by atoms with E-state index in [9.17, 15) is 8.42 Å². The van der Waals surface area contributed by atoms with E-state index in [1.54, 1.807) is 10.4 Å². The first-order chi connectivity index (χ1) is 9.88. The van der Waals surface area contributed by atoms with E-state index in [4.69, 9.17) is 5.73 Å². The minimum atomic E-state index is -3.43. The van der Waals surface area contributed by atoms with Crippen molar-refractivity contribution in [1.29, 1.82) is 0 Å². The Morgan fingerprint density at radius 3 is 2.10 bits per heavy atom. The number of sulfonamides is 1. The molecule has 0 aliphatic heterocycles. The molecule has 1 aromatic carbocycles. The van der Waals surface area contributed by atoms with Gasteiger partial charge in [0.15, 0.2) is 0 Å². The van der Waals surface area contributed by atoms with Gasteiger partial charge in [-0.05, 0) is 74.6 Å². The van der Waals surface area contributed by atoms with E-state index < -0.39 is 10.0 Å². The number of anilines is 1. The Morgan fingerprint density at radius 2 is 1.62 bits per heavy atom. The third kappa shape index (κ3) is 3.24. The molecule has 0 aromatic heterocycles. The van der Waals surface area contributed by atoms with Gasteiger partial charge in [0.2, 0.25) is 10.0 Å². The van der Waals surface area contributed by atoms with Crippen LogP contribution in [0.2, 0.25) is 0 Å². The summed E-state index contributed by atoms with van der Waals surface area (Å²) in [5.41, 5.74) is 8.15. The number of rotatable bonds is 6. The number of hydrogen-bond donors (Lipinski definition) is 1. The van der Waals surface area contributed by atoms with Crippen molar-refractivity contribution in [1.82, 2.24) is 4.31 Å². The van der Waals surface area contributed by atoms with Gasteiger partial charge < -0.3 is 5.73 Å². The van der Waals surface area contributed by atoms with E-state index in [-0.39, 0.29) is 0 Å². The Bertz CT molecular complexity index is 632. The molecule has 0 spiro atoms. The molecule has 2 saturated carbocycles. The average Bonchev–Trinajstić information content (AvgIpc) is 3.27. The van der Waals surface area contributed by atoms with Crippen LogP contribution in [0.15, 0.2) is 17.0 Å². The summed E-state index contributed by atoms with van der Waals surface area (Å²) in [7, 11) is -3.43. The fourth-order valence-electron chi connectivity index (χ4n) is 2.71. The van der Waals surface area contributed by atoms with Gasteiger partial charge in [0.25, 0.3) is 0 Å². The first-order valence-electron chi connectivity index (χ1n) is 7.75. The molecule has 2 aliphatic rings. The fourth-order valence-corrected chi connectivity index (χ4v) is 4.63. The van der Waals surface area contributed by atoms with Gasteiger partial charge in [0.1, 0.15) is 0 Å². The summed E-state index contributed by atoms with van der Waals surface area (Å²) in [5.74, 6) is 1.11. The number of nitrogens with zero attached hydrogens (tertiary/aromatic N) is 1. The topological polar surface area (TPSA) is 63.4 Å². The van der Waals surface area contributed by atoms with E-state index in [0.717, 1.165) is 36.8 Å². The van der Waals surface area contributed by atoms with Crippen LogP contribution in [-0.2, 0) is 10.0 Å². The number of nitrogen functional groups attached to an aromatic ring is 1. The molecule has 0 unspecified atom stereocenters. The summed E-state index contributed by atoms with van der Waals surface area (Å²) in [6.07, 6.45) is 4.63. The molecule has 2 N–H and O–H groups in total. The maximum absolute atomic E-state index is 13.1. The summed E-state index contributed by atoms with van der Waals surface area (Å²) in [6.45, 7) is 5.13. The Balaban J connectivity index is 1.95. The van der Waals surface area contributed by atoms with E-state index in [1.807, 2.05) is 19.9 Å². The summed E-state index contributed by atoms with van der Waals surface area (Å²) in [4.78, 5) is 0.390. The van der Waals surface area contributed by atoms with Crippen molar-refractivity contribution in [3.8, 4) is 0 Å². The van der Waals surface area contributed by atoms with Gasteiger partial charge in [0, 0.05) is 18.8 Å². The second-order valence-electron chi connectivity index (χ2n) is 6.67. The van der Waals surface area contributed by atoms with Gasteiger partial charge >= 0.3 is 0 Å². The zero-order valence-electron chi connectivity index (χ0n) is 12.8. The van der Waals surface area contributed by atoms with Crippen LogP contribution in [-0.4, -0.2) is 25.8 Å². The molecule has 0 bridgehead atoms. The largest absolute Gasteiger partial charge is 0.399 e. The summed E-state index contributed by atoms with van der Waals surface area (Å²) in [6, 6.07) is 3.45. The number of nitrogens with two attached hydrogens (primary N) is 1. The van der Waals surface area contributed by atoms with Crippen LogP contribution in [0.4, 0.5) is 5.69 Å². The first-order valence-corrected chi connectivity index (χ1v) is 9.19. The zero-order chi connectivity index (χ0) is 15.2. The summed E-state index contributed by atoms with van der Waals surface area (Å²) >= 11 is 0. The lowest BCUT2D eigenvalue weighted by Gasteiger charge is -2.24. The van der Waals surface area contributed by atoms with E-state index >= 15 is 0 Å². The molecule has 1 aromatic rings. The van der Waals surface area contributed by atoms with Gasteiger partial charge in [-0.15, -0.1) is 0 Å². The molecule has 2 fully saturated rings. The molecule has 5 heteroatoms. The highest BCUT2D eigenvalue weighted by molar-refractivity contribution is 7.89. The van der Waals surface area contributed by atoms with Crippen LogP contribution in [0.25, 0.3) is 0 Å². The Hall–Kier alpha value is -1.07. The molecule has 0 radical (unpaired) electrons. The summed E-state index contributed by atoms with van der Waals surface area (Å²) < 4.78 is 27.8. The van der Waals surface area contributed by atoms with Crippen molar-refractivity contribution in [2.75, 3.05) is 18.8 Å². The van der Waals surface area contributed by atoms with Crippen LogP contribution in [0.1, 0.15) is 36.8 Å². The van der Waals surface area contributed by atoms with Crippen LogP contribution < -0.4 is 5.73 Å². The average molecular weight is 308 g/mol. The van der Waals surface area contributed by atoms with Crippen molar-refractivity contribution in [3.05, 3.63) is 23.3 Å². The van der Waals surface area contributed by atoms with Gasteiger partial charge in [-0.25, -0.2) is 8.42 Å². The number of aryl methyl sites for hydroxylation is 1. The van der Waals surface area contributed by atoms with Crippen molar-refractivity contribution in [3.63, 3.8) is 0 Å². The highest BCUT2D eigenvalue weighted by atomic mass is 32.2. The zero-order valence-corrected chi connectivity index (χ0v) is 13.6. The molecule has 3 rings (SSSR count). The highest BCUT2D eigenvalue weighted by Crippen LogP contribution is 2.36. The minimum Gasteiger partial charge on any atom is -0.399 e. The number of hydrogen-bond acceptors (Lipinski definition) is 3. The third-order valence-corrected chi connectivity index (χ3v) is 6.54. The maximum atomic E-state index is 13.1. The standard InChI is InChI=1S/C16H24N2O2S/c1-11-7-15(17)8-16(12(11)2)21(19,20)18(9-13-3-4-13)10-14-5-6-14/h7-8,13-14H,3-6,9-10,17H2,1-2H3. The van der Waals surface area contributed by atoms with Gasteiger partial charge in [-0.3, -0.25) is 0 Å². The van der Waals surface area contributed by atoms with Crippen molar-refractivity contribution < 1.29 is 8.42 Å². The lowest BCUT2D eigenvalue weighted by Crippen LogP contribution is -2.35. The Kier molecular flexibility index (Phi) is 3.74. The highest BCUT2D eigenvalue weighted by Gasteiger charge is 2.36. The molecule has 0 atom stereocenters. The predicted octanol–water partition coefficient (Wildman–Crippen LogP) is 2.70. The van der Waals surface area contributed by atoms with Gasteiger partial charge in [-0.1, -0.05) is 0 Å². The van der Waals surface area contributed by atoms with Crippen molar-refractivity contribution in [2.45, 2.75) is 44.4 Å². The third-order valence-electron chi connectivity index (χ3n) is 4.58. The van der Waals surface area contributed by atoms with Crippen LogP contribution >= 0.6 is 0 Å². The molecular weight excluding hydrogens is 284 g/mol. The molecule has 4 nitrogen and oxygen atoms in total. The number of benzene rings is 1. The SMILES string of the molecule is Cc1cc(N)cc(S(=O)(=O)N(CC2CC2)CC2CC2)c1C. The molecule has 116 valence electrons. The quantitative estimate of drug-likeness (QED) is 0.822. The molecule has 21 heavy (non-hydrogen) atoms. The fraction of sp³-hybridized carbons (Fsp3) is 0.625. The molecule has 0 saturated heterocycles. The normalized spacial score (nSPS) is 19.2. The maximum Gasteiger partial charge on any atom is 0.243 e. The molecule has 0 amide bonds. The van der Waals surface area contributed by atoms with Crippen molar-refractivity contribution in [2.24, 2.45) is 11.8 Å². The second kappa shape index (κ2) is 5.29. The van der Waals surface area contributed by atoms with Gasteiger partial charge in [-0.2, -0.15) is 4.31 Å². The van der Waals surface area contributed by atoms with Crippen LogP contribution in [0.5, 0.6) is 0 Å². The minimum absolute atomic E-state index is 0.390. The smallest absolute Gasteiger partial charge is 0.243 e. The lowest BCUT2D eigenvalue weighted by atomic mass is 10.1. The van der Waals surface area contributed by atoms with E-state index in [2.05, 4.69) is 0 Å². The van der Waals surface area contributed by atoms with E-state index in [0.29, 0.717) is 35.5 Å². The first kappa shape index (κ1) is 14.9. The van der Waals surface area contributed by atoms with Crippen LogP contribution in [0, 0.1) is 25.7 Å². The predicted molar refractivity (Wildman–Crippen MR) is 84.5 cm³/mol. The molecule has 0 heterocycles.